The van der Waals surface area contributed by atoms with Crippen LogP contribution in [-0.4, -0.2) is 0 Å². The molecule has 0 aliphatic heterocycles. The van der Waals surface area contributed by atoms with Crippen LogP contribution in [0.1, 0.15) is 30.5 Å². The highest BCUT2D eigenvalue weighted by Crippen LogP contribution is 2.36. The van der Waals surface area contributed by atoms with Crippen LogP contribution in [0.4, 0.5) is 11.4 Å². The number of benzene rings is 1. The molecule has 4 N–H and O–H groups in total. The number of nitrogens with two attached hydrogens (primary N) is 2. The summed E-state index contributed by atoms with van der Waals surface area (Å²) in [5, 5.41) is 0.632. The van der Waals surface area contributed by atoms with E-state index in [1.165, 1.54) is 5.56 Å². The van der Waals surface area contributed by atoms with Gasteiger partial charge in [-0.1, -0.05) is 25.4 Å². The van der Waals surface area contributed by atoms with Crippen molar-refractivity contribution < 1.29 is 0 Å². The maximum atomic E-state index is 6.15. The van der Waals surface area contributed by atoms with Crippen LogP contribution in [0.15, 0.2) is 0 Å². The largest absolute Gasteiger partial charge is 0.397 e. The van der Waals surface area contributed by atoms with E-state index in [1.807, 2.05) is 6.92 Å². The molecule has 0 atom stereocenters. The molecule has 0 fully saturated rings. The van der Waals surface area contributed by atoms with E-state index in [9.17, 15) is 0 Å². The van der Waals surface area contributed by atoms with Crippen LogP contribution in [0.3, 0.4) is 0 Å². The van der Waals surface area contributed by atoms with Crippen molar-refractivity contribution in [1.82, 2.24) is 0 Å². The van der Waals surface area contributed by atoms with Crippen molar-refractivity contribution in [3.63, 3.8) is 0 Å². The van der Waals surface area contributed by atoms with Crippen LogP contribution in [0.25, 0.3) is 0 Å². The van der Waals surface area contributed by atoms with E-state index in [2.05, 4.69) is 13.8 Å². The quantitative estimate of drug-likeness (QED) is 0.741. The molecule has 1 aromatic rings. The fraction of sp³-hybridized carbons (Fsp3) is 0.455. The summed E-state index contributed by atoms with van der Waals surface area (Å²) in [4.78, 5) is 0. The van der Waals surface area contributed by atoms with Crippen LogP contribution >= 0.6 is 11.6 Å². The van der Waals surface area contributed by atoms with E-state index < -0.39 is 0 Å². The Hall–Kier alpha value is -0.890. The average Bonchev–Trinajstić information content (AvgIpc) is 2.20. The lowest BCUT2D eigenvalue weighted by Crippen LogP contribution is -2.06. The number of hydrogen-bond acceptors (Lipinski definition) is 2. The first kappa shape index (κ1) is 11.2. The second-order valence-corrected chi connectivity index (χ2v) is 3.81. The molecule has 0 aliphatic rings. The minimum Gasteiger partial charge on any atom is -0.397 e. The third-order valence-electron chi connectivity index (χ3n) is 2.72. The molecule has 14 heavy (non-hydrogen) atoms. The maximum absolute atomic E-state index is 6.15. The lowest BCUT2D eigenvalue weighted by atomic mass is 9.95. The van der Waals surface area contributed by atoms with E-state index in [4.69, 9.17) is 23.1 Å². The van der Waals surface area contributed by atoms with Crippen molar-refractivity contribution >= 4 is 23.0 Å². The van der Waals surface area contributed by atoms with Gasteiger partial charge >= 0.3 is 0 Å². The minimum atomic E-state index is 0.526. The smallest absolute Gasteiger partial charge is 0.0742 e. The molecule has 3 heteroatoms. The zero-order valence-electron chi connectivity index (χ0n) is 8.95. The zero-order chi connectivity index (χ0) is 10.9. The predicted octanol–water partition coefficient (Wildman–Crippen LogP) is 2.94. The van der Waals surface area contributed by atoms with Crippen molar-refractivity contribution in [2.45, 2.75) is 33.6 Å². The van der Waals surface area contributed by atoms with Crippen molar-refractivity contribution in [2.75, 3.05) is 11.5 Å². The molecular formula is C11H17ClN2. The van der Waals surface area contributed by atoms with Crippen LogP contribution in [0.2, 0.25) is 5.02 Å². The summed E-state index contributed by atoms with van der Waals surface area (Å²) >= 11 is 6.15. The molecule has 0 amide bonds. The number of anilines is 2. The Morgan fingerprint density at radius 1 is 1.00 bits per heavy atom. The number of hydrogen-bond donors (Lipinski definition) is 2. The molecule has 0 heterocycles. The van der Waals surface area contributed by atoms with Crippen molar-refractivity contribution in [3.05, 3.63) is 21.7 Å². The first-order chi connectivity index (χ1) is 6.54. The van der Waals surface area contributed by atoms with Crippen molar-refractivity contribution in [3.8, 4) is 0 Å². The SMILES string of the molecule is CCc1c(C)c(N)c(N)c(Cl)c1CC. The molecule has 0 unspecified atom stereocenters. The van der Waals surface area contributed by atoms with Gasteiger partial charge in [-0.05, 0) is 36.5 Å². The Kier molecular flexibility index (Phi) is 3.27. The normalized spacial score (nSPS) is 10.6. The van der Waals surface area contributed by atoms with Gasteiger partial charge in [-0.25, -0.2) is 0 Å². The monoisotopic (exact) mass is 212 g/mol. The summed E-state index contributed by atoms with van der Waals surface area (Å²) in [5.41, 5.74) is 16.3. The fourth-order valence-corrected chi connectivity index (χ4v) is 2.20. The van der Waals surface area contributed by atoms with Gasteiger partial charge < -0.3 is 11.5 Å². The van der Waals surface area contributed by atoms with Gasteiger partial charge in [0, 0.05) is 0 Å². The second-order valence-electron chi connectivity index (χ2n) is 3.43. The van der Waals surface area contributed by atoms with Gasteiger partial charge in [0.15, 0.2) is 0 Å². The van der Waals surface area contributed by atoms with Crippen LogP contribution in [0.5, 0.6) is 0 Å². The Labute approximate surface area is 90.2 Å². The lowest BCUT2D eigenvalue weighted by molar-refractivity contribution is 1.02. The second kappa shape index (κ2) is 4.09. The molecular weight excluding hydrogens is 196 g/mol. The predicted molar refractivity (Wildman–Crippen MR) is 63.8 cm³/mol. The fourth-order valence-electron chi connectivity index (χ4n) is 1.85. The zero-order valence-corrected chi connectivity index (χ0v) is 9.70. The average molecular weight is 213 g/mol. The summed E-state index contributed by atoms with van der Waals surface area (Å²) in [6, 6.07) is 0. The highest BCUT2D eigenvalue weighted by atomic mass is 35.5. The third-order valence-corrected chi connectivity index (χ3v) is 3.15. The Balaban J connectivity index is 3.57. The molecule has 0 saturated heterocycles. The van der Waals surface area contributed by atoms with Crippen molar-refractivity contribution in [2.24, 2.45) is 0 Å². The van der Waals surface area contributed by atoms with Crippen LogP contribution in [0, 0.1) is 6.92 Å². The van der Waals surface area contributed by atoms with Gasteiger partial charge in [-0.15, -0.1) is 0 Å². The molecule has 1 aromatic carbocycles. The molecule has 0 radical (unpaired) electrons. The van der Waals surface area contributed by atoms with Gasteiger partial charge in [0.05, 0.1) is 16.4 Å². The summed E-state index contributed by atoms with van der Waals surface area (Å²) in [5.74, 6) is 0. The minimum absolute atomic E-state index is 0.526. The van der Waals surface area contributed by atoms with Gasteiger partial charge in [0.1, 0.15) is 0 Å². The Bertz CT molecular complexity index is 324. The van der Waals surface area contributed by atoms with Crippen LogP contribution < -0.4 is 11.5 Å². The highest BCUT2D eigenvalue weighted by molar-refractivity contribution is 6.34. The first-order valence-corrected chi connectivity index (χ1v) is 5.27. The standard InChI is InChI=1S/C11H17ClN2/c1-4-7-6(3)10(13)11(14)9(12)8(7)5-2/h4-5,13-14H2,1-3H3. The molecule has 2 nitrogen and oxygen atoms in total. The number of rotatable bonds is 2. The van der Waals surface area contributed by atoms with Gasteiger partial charge in [0.2, 0.25) is 0 Å². The molecule has 0 aromatic heterocycles. The summed E-state index contributed by atoms with van der Waals surface area (Å²) < 4.78 is 0. The lowest BCUT2D eigenvalue weighted by Gasteiger charge is -2.16. The highest BCUT2D eigenvalue weighted by Gasteiger charge is 2.14. The van der Waals surface area contributed by atoms with E-state index >= 15 is 0 Å². The molecule has 0 aliphatic carbocycles. The van der Waals surface area contributed by atoms with E-state index in [0.29, 0.717) is 16.4 Å². The van der Waals surface area contributed by atoms with Crippen LogP contribution in [-0.2, 0) is 12.8 Å². The molecule has 0 saturated carbocycles. The van der Waals surface area contributed by atoms with Gasteiger partial charge in [-0.3, -0.25) is 0 Å². The van der Waals surface area contributed by atoms with E-state index in [0.717, 1.165) is 24.0 Å². The molecule has 0 bridgehead atoms. The molecule has 0 spiro atoms. The maximum Gasteiger partial charge on any atom is 0.0742 e. The van der Waals surface area contributed by atoms with E-state index in [-0.39, 0.29) is 0 Å². The first-order valence-electron chi connectivity index (χ1n) is 4.89. The summed E-state index contributed by atoms with van der Waals surface area (Å²) in [6.07, 6.45) is 1.84. The summed E-state index contributed by atoms with van der Waals surface area (Å²) in [7, 11) is 0. The number of nitrogen functional groups attached to an aromatic ring is 2. The van der Waals surface area contributed by atoms with Gasteiger partial charge in [0.25, 0.3) is 0 Å². The Morgan fingerprint density at radius 3 is 1.93 bits per heavy atom. The number of halogens is 1. The third kappa shape index (κ3) is 1.55. The Morgan fingerprint density at radius 2 is 1.50 bits per heavy atom. The van der Waals surface area contributed by atoms with E-state index in [1.54, 1.807) is 0 Å². The topological polar surface area (TPSA) is 52.0 Å². The molecule has 1 rings (SSSR count). The van der Waals surface area contributed by atoms with Crippen molar-refractivity contribution in [1.29, 1.82) is 0 Å². The van der Waals surface area contributed by atoms with Gasteiger partial charge in [-0.2, -0.15) is 0 Å². The summed E-state index contributed by atoms with van der Waals surface area (Å²) in [6.45, 7) is 6.18. The molecule has 78 valence electrons.